The fourth-order valence-electron chi connectivity index (χ4n) is 3.99. The topological polar surface area (TPSA) is 69.6 Å². The van der Waals surface area contributed by atoms with E-state index in [4.69, 9.17) is 10.7 Å². The van der Waals surface area contributed by atoms with Crippen LogP contribution in [0.2, 0.25) is 0 Å². The minimum atomic E-state index is -0.324. The summed E-state index contributed by atoms with van der Waals surface area (Å²) < 4.78 is 29.3. The summed E-state index contributed by atoms with van der Waals surface area (Å²) in [6.07, 6.45) is 6.16. The number of nitrogens with two attached hydrogens (primary N) is 1. The standard InChI is InChI=1S/C26H21F2N5/c27-20-6-2-17(3-7-20)23-22-16-33(15-1-12-29)32-26(22)31-25(19-4-8-21(28)9-5-19)24(23)18-10-13-30-14-11-18/h2-11,13-14,16H,1,12,15,29H2. The Morgan fingerprint density at radius 1 is 0.758 bits per heavy atom. The van der Waals surface area contributed by atoms with Crippen LogP contribution >= 0.6 is 0 Å². The van der Waals surface area contributed by atoms with E-state index in [0.717, 1.165) is 39.6 Å². The Morgan fingerprint density at radius 3 is 2.00 bits per heavy atom. The fourth-order valence-corrected chi connectivity index (χ4v) is 3.99. The molecule has 5 rings (SSSR count). The molecule has 0 aliphatic rings. The van der Waals surface area contributed by atoms with Crippen molar-refractivity contribution in [1.82, 2.24) is 19.7 Å². The third kappa shape index (κ3) is 4.10. The first-order valence-electron chi connectivity index (χ1n) is 10.7. The molecular weight excluding hydrogens is 420 g/mol. The van der Waals surface area contributed by atoms with Gasteiger partial charge in [0.05, 0.1) is 5.69 Å². The molecule has 2 aromatic carbocycles. The van der Waals surface area contributed by atoms with Gasteiger partial charge in [0.15, 0.2) is 5.65 Å². The number of benzene rings is 2. The lowest BCUT2D eigenvalue weighted by molar-refractivity contribution is 0.589. The van der Waals surface area contributed by atoms with Crippen molar-refractivity contribution in [3.63, 3.8) is 0 Å². The molecule has 5 aromatic rings. The zero-order valence-corrected chi connectivity index (χ0v) is 17.7. The van der Waals surface area contributed by atoms with Crippen molar-refractivity contribution < 1.29 is 8.78 Å². The summed E-state index contributed by atoms with van der Waals surface area (Å²) in [6.45, 7) is 1.21. The predicted octanol–water partition coefficient (Wildman–Crippen LogP) is 5.45. The molecule has 0 saturated carbocycles. The molecule has 7 heteroatoms. The van der Waals surface area contributed by atoms with E-state index in [9.17, 15) is 8.78 Å². The lowest BCUT2D eigenvalue weighted by Gasteiger charge is -2.16. The molecule has 0 saturated heterocycles. The average molecular weight is 441 g/mol. The molecule has 0 aliphatic carbocycles. The summed E-state index contributed by atoms with van der Waals surface area (Å²) in [5.74, 6) is -0.637. The Kier molecular flexibility index (Phi) is 5.62. The van der Waals surface area contributed by atoms with Gasteiger partial charge in [-0.1, -0.05) is 12.1 Å². The summed E-state index contributed by atoms with van der Waals surface area (Å²) >= 11 is 0. The maximum absolute atomic E-state index is 13.8. The van der Waals surface area contributed by atoms with Gasteiger partial charge in [0.2, 0.25) is 0 Å². The van der Waals surface area contributed by atoms with Gasteiger partial charge < -0.3 is 5.73 Å². The van der Waals surface area contributed by atoms with Crippen molar-refractivity contribution in [3.05, 3.63) is 90.9 Å². The Bertz CT molecular complexity index is 1400. The summed E-state index contributed by atoms with van der Waals surface area (Å²) in [4.78, 5) is 9.05. The summed E-state index contributed by atoms with van der Waals surface area (Å²) in [5.41, 5.74) is 11.1. The van der Waals surface area contributed by atoms with E-state index in [1.165, 1.54) is 24.3 Å². The molecule has 33 heavy (non-hydrogen) atoms. The summed E-state index contributed by atoms with van der Waals surface area (Å²) in [7, 11) is 0. The van der Waals surface area contributed by atoms with Gasteiger partial charge in [-0.2, -0.15) is 5.10 Å². The molecule has 0 amide bonds. The van der Waals surface area contributed by atoms with Crippen LogP contribution in [0.5, 0.6) is 0 Å². The second-order valence-electron chi connectivity index (χ2n) is 7.73. The van der Waals surface area contributed by atoms with Gasteiger partial charge in [0.1, 0.15) is 11.6 Å². The molecular formula is C26H21F2N5. The van der Waals surface area contributed by atoms with Crippen LogP contribution in [0.25, 0.3) is 44.5 Å². The Hall–Kier alpha value is -3.97. The molecule has 0 radical (unpaired) electrons. The van der Waals surface area contributed by atoms with Crippen molar-refractivity contribution in [3.8, 4) is 33.5 Å². The van der Waals surface area contributed by atoms with Crippen molar-refractivity contribution in [1.29, 1.82) is 0 Å². The summed E-state index contributed by atoms with van der Waals surface area (Å²) in [5, 5.41) is 5.53. The number of fused-ring (bicyclic) bond motifs is 1. The maximum Gasteiger partial charge on any atom is 0.182 e. The molecule has 3 aromatic heterocycles. The first kappa shape index (κ1) is 20.9. The molecule has 0 atom stereocenters. The van der Waals surface area contributed by atoms with E-state index >= 15 is 0 Å². The van der Waals surface area contributed by atoms with Gasteiger partial charge in [0.25, 0.3) is 0 Å². The van der Waals surface area contributed by atoms with Crippen molar-refractivity contribution in [2.75, 3.05) is 6.54 Å². The first-order valence-corrected chi connectivity index (χ1v) is 10.7. The maximum atomic E-state index is 13.8. The number of aryl methyl sites for hydroxylation is 1. The molecule has 2 N–H and O–H groups in total. The Balaban J connectivity index is 1.88. The Morgan fingerprint density at radius 2 is 1.36 bits per heavy atom. The van der Waals surface area contributed by atoms with E-state index in [-0.39, 0.29) is 11.6 Å². The SMILES string of the molecule is NCCCn1cc2c(-c3ccc(F)cc3)c(-c3ccncc3)c(-c3ccc(F)cc3)nc2n1. The number of nitrogens with zero attached hydrogens (tertiary/aromatic N) is 4. The van der Waals surface area contributed by atoms with Crippen LogP contribution in [0, 0.1) is 11.6 Å². The highest BCUT2D eigenvalue weighted by Gasteiger charge is 2.21. The van der Waals surface area contributed by atoms with Gasteiger partial charge in [-0.3, -0.25) is 9.67 Å². The molecule has 0 unspecified atom stereocenters. The number of rotatable bonds is 6. The molecule has 0 fully saturated rings. The minimum Gasteiger partial charge on any atom is -0.330 e. The highest BCUT2D eigenvalue weighted by atomic mass is 19.1. The quantitative estimate of drug-likeness (QED) is 0.380. The molecule has 5 nitrogen and oxygen atoms in total. The normalized spacial score (nSPS) is 11.2. The van der Waals surface area contributed by atoms with Gasteiger partial charge in [0, 0.05) is 47.2 Å². The van der Waals surface area contributed by atoms with Gasteiger partial charge in [-0.25, -0.2) is 13.8 Å². The molecule has 0 spiro atoms. The second-order valence-corrected chi connectivity index (χ2v) is 7.73. The monoisotopic (exact) mass is 441 g/mol. The first-order chi connectivity index (χ1) is 16.1. The summed E-state index contributed by atoms with van der Waals surface area (Å²) in [6, 6.07) is 16.4. The average Bonchev–Trinajstić information content (AvgIpc) is 3.26. The fraction of sp³-hybridized carbons (Fsp3) is 0.115. The van der Waals surface area contributed by atoms with E-state index in [2.05, 4.69) is 10.1 Å². The predicted molar refractivity (Wildman–Crippen MR) is 125 cm³/mol. The van der Waals surface area contributed by atoms with Crippen LogP contribution in [0.4, 0.5) is 8.78 Å². The van der Waals surface area contributed by atoms with Crippen LogP contribution in [0.15, 0.2) is 79.3 Å². The van der Waals surface area contributed by atoms with Crippen LogP contribution in [-0.2, 0) is 6.54 Å². The highest BCUT2D eigenvalue weighted by Crippen LogP contribution is 2.42. The third-order valence-corrected chi connectivity index (χ3v) is 5.53. The lowest BCUT2D eigenvalue weighted by Crippen LogP contribution is -2.05. The van der Waals surface area contributed by atoms with Crippen LogP contribution in [-0.4, -0.2) is 26.3 Å². The number of pyridine rings is 2. The van der Waals surface area contributed by atoms with Crippen molar-refractivity contribution in [2.24, 2.45) is 5.73 Å². The number of halogens is 2. The van der Waals surface area contributed by atoms with Gasteiger partial charge in [-0.15, -0.1) is 0 Å². The molecule has 164 valence electrons. The number of hydrogen-bond acceptors (Lipinski definition) is 4. The highest BCUT2D eigenvalue weighted by molar-refractivity contribution is 6.05. The smallest absolute Gasteiger partial charge is 0.182 e. The largest absolute Gasteiger partial charge is 0.330 e. The molecule has 0 bridgehead atoms. The van der Waals surface area contributed by atoms with E-state index < -0.39 is 0 Å². The van der Waals surface area contributed by atoms with E-state index in [1.54, 1.807) is 36.7 Å². The van der Waals surface area contributed by atoms with E-state index in [1.807, 2.05) is 23.0 Å². The number of hydrogen-bond donors (Lipinski definition) is 1. The van der Waals surface area contributed by atoms with Crippen LogP contribution in [0.3, 0.4) is 0 Å². The van der Waals surface area contributed by atoms with E-state index in [0.29, 0.717) is 24.4 Å². The minimum absolute atomic E-state index is 0.313. The zero-order valence-electron chi connectivity index (χ0n) is 17.7. The number of aromatic nitrogens is 4. The third-order valence-electron chi connectivity index (χ3n) is 5.53. The zero-order chi connectivity index (χ0) is 22.8. The van der Waals surface area contributed by atoms with Gasteiger partial charge in [-0.05, 0) is 72.6 Å². The molecule has 3 heterocycles. The van der Waals surface area contributed by atoms with Gasteiger partial charge >= 0.3 is 0 Å². The van der Waals surface area contributed by atoms with Crippen LogP contribution < -0.4 is 5.73 Å². The second kappa shape index (κ2) is 8.88. The molecule has 0 aliphatic heterocycles. The lowest BCUT2D eigenvalue weighted by atomic mass is 9.90. The van der Waals surface area contributed by atoms with Crippen molar-refractivity contribution >= 4 is 11.0 Å². The van der Waals surface area contributed by atoms with Crippen molar-refractivity contribution in [2.45, 2.75) is 13.0 Å². The van der Waals surface area contributed by atoms with Crippen LogP contribution in [0.1, 0.15) is 6.42 Å². The Labute approximate surface area is 189 Å².